The second kappa shape index (κ2) is 4.15. The van der Waals surface area contributed by atoms with Crippen LogP contribution in [0.25, 0.3) is 12.2 Å². The lowest BCUT2D eigenvalue weighted by Crippen LogP contribution is -1.99. The standard InChI is InChI=1S/C16H13NO/c1-11(18)13-6-4-8-16-14(13)10-9-12-5-2-3-7-15(12)17-16/h2-10,17H,1H3. The van der Waals surface area contributed by atoms with E-state index in [1.165, 1.54) is 0 Å². The number of carbonyl (C=O) groups excluding carboxylic acids is 1. The van der Waals surface area contributed by atoms with Gasteiger partial charge in [-0.25, -0.2) is 0 Å². The molecule has 2 aromatic rings. The van der Waals surface area contributed by atoms with Crippen LogP contribution in [0.4, 0.5) is 11.4 Å². The molecule has 0 bridgehead atoms. The van der Waals surface area contributed by atoms with Crippen molar-refractivity contribution in [3.05, 3.63) is 59.2 Å². The van der Waals surface area contributed by atoms with Crippen molar-refractivity contribution < 1.29 is 4.79 Å². The second-order valence-corrected chi connectivity index (χ2v) is 4.37. The predicted octanol–water partition coefficient (Wildman–Crippen LogP) is 4.12. The van der Waals surface area contributed by atoms with E-state index in [1.54, 1.807) is 6.92 Å². The van der Waals surface area contributed by atoms with Gasteiger partial charge in [-0.2, -0.15) is 0 Å². The fourth-order valence-corrected chi connectivity index (χ4v) is 2.24. The Hall–Kier alpha value is -2.35. The van der Waals surface area contributed by atoms with Gasteiger partial charge in [0.2, 0.25) is 0 Å². The number of Topliss-reactive ketones (excluding diaryl/α,β-unsaturated/α-hetero) is 1. The van der Waals surface area contributed by atoms with Gasteiger partial charge in [0.15, 0.2) is 5.78 Å². The Morgan fingerprint density at radius 3 is 2.56 bits per heavy atom. The van der Waals surface area contributed by atoms with E-state index in [4.69, 9.17) is 0 Å². The Labute approximate surface area is 106 Å². The number of hydrogen-bond donors (Lipinski definition) is 1. The van der Waals surface area contributed by atoms with Gasteiger partial charge in [0, 0.05) is 22.5 Å². The minimum Gasteiger partial charge on any atom is -0.355 e. The third-order valence-corrected chi connectivity index (χ3v) is 3.15. The Morgan fingerprint density at radius 1 is 0.944 bits per heavy atom. The number of hydrogen-bond acceptors (Lipinski definition) is 2. The molecule has 0 radical (unpaired) electrons. The molecule has 0 fully saturated rings. The van der Waals surface area contributed by atoms with Gasteiger partial charge in [0.1, 0.15) is 0 Å². The van der Waals surface area contributed by atoms with Crippen LogP contribution in [0.15, 0.2) is 42.5 Å². The van der Waals surface area contributed by atoms with E-state index in [9.17, 15) is 4.79 Å². The summed E-state index contributed by atoms with van der Waals surface area (Å²) in [5.41, 5.74) is 4.88. The maximum atomic E-state index is 11.6. The smallest absolute Gasteiger partial charge is 0.160 e. The Morgan fingerprint density at radius 2 is 1.72 bits per heavy atom. The summed E-state index contributed by atoms with van der Waals surface area (Å²) in [5.74, 6) is 0.0873. The van der Waals surface area contributed by atoms with Crippen LogP contribution in [-0.4, -0.2) is 5.78 Å². The molecule has 0 spiro atoms. The van der Waals surface area contributed by atoms with Gasteiger partial charge >= 0.3 is 0 Å². The number of carbonyl (C=O) groups is 1. The normalized spacial score (nSPS) is 12.1. The van der Waals surface area contributed by atoms with E-state index in [0.29, 0.717) is 0 Å². The zero-order valence-electron chi connectivity index (χ0n) is 10.1. The summed E-state index contributed by atoms with van der Waals surface area (Å²) in [5, 5.41) is 3.38. The predicted molar refractivity (Wildman–Crippen MR) is 75.1 cm³/mol. The van der Waals surface area contributed by atoms with Crippen molar-refractivity contribution in [3.8, 4) is 0 Å². The molecule has 1 aliphatic heterocycles. The van der Waals surface area contributed by atoms with Crippen molar-refractivity contribution in [1.29, 1.82) is 0 Å². The monoisotopic (exact) mass is 235 g/mol. The minimum absolute atomic E-state index is 0.0873. The van der Waals surface area contributed by atoms with Gasteiger partial charge in [-0.05, 0) is 24.6 Å². The molecule has 3 rings (SSSR count). The maximum absolute atomic E-state index is 11.6. The summed E-state index contributed by atoms with van der Waals surface area (Å²) in [7, 11) is 0. The molecular formula is C16H13NO. The number of ketones is 1. The molecule has 2 aromatic carbocycles. The van der Waals surface area contributed by atoms with Crippen LogP contribution in [0.5, 0.6) is 0 Å². The van der Waals surface area contributed by atoms with E-state index in [2.05, 4.69) is 11.4 Å². The van der Waals surface area contributed by atoms with Crippen molar-refractivity contribution in [2.45, 2.75) is 6.92 Å². The highest BCUT2D eigenvalue weighted by molar-refractivity contribution is 6.02. The van der Waals surface area contributed by atoms with Crippen molar-refractivity contribution >= 4 is 29.3 Å². The molecule has 1 heterocycles. The van der Waals surface area contributed by atoms with E-state index < -0.39 is 0 Å². The van der Waals surface area contributed by atoms with Crippen LogP contribution in [0, 0.1) is 0 Å². The van der Waals surface area contributed by atoms with E-state index in [0.717, 1.165) is 28.1 Å². The highest BCUT2D eigenvalue weighted by Crippen LogP contribution is 2.32. The molecular weight excluding hydrogens is 222 g/mol. The number of para-hydroxylation sites is 1. The van der Waals surface area contributed by atoms with E-state index >= 15 is 0 Å². The third kappa shape index (κ3) is 1.72. The van der Waals surface area contributed by atoms with Gasteiger partial charge in [-0.3, -0.25) is 4.79 Å². The number of anilines is 2. The first kappa shape index (κ1) is 10.8. The molecule has 0 atom stereocenters. The first-order valence-corrected chi connectivity index (χ1v) is 5.94. The van der Waals surface area contributed by atoms with Gasteiger partial charge in [-0.1, -0.05) is 42.5 Å². The van der Waals surface area contributed by atoms with E-state index in [-0.39, 0.29) is 5.78 Å². The molecule has 0 aromatic heterocycles. The third-order valence-electron chi connectivity index (χ3n) is 3.15. The number of fused-ring (bicyclic) bond motifs is 2. The summed E-state index contributed by atoms with van der Waals surface area (Å²) >= 11 is 0. The molecule has 1 aliphatic rings. The first-order chi connectivity index (χ1) is 8.75. The van der Waals surface area contributed by atoms with Gasteiger partial charge in [0.05, 0.1) is 0 Å². The molecule has 0 saturated heterocycles. The summed E-state index contributed by atoms with van der Waals surface area (Å²) in [6, 6.07) is 13.9. The maximum Gasteiger partial charge on any atom is 0.160 e. The minimum atomic E-state index is 0.0873. The number of benzene rings is 2. The van der Waals surface area contributed by atoms with E-state index in [1.807, 2.05) is 48.6 Å². The number of nitrogens with one attached hydrogen (secondary N) is 1. The van der Waals surface area contributed by atoms with Crippen molar-refractivity contribution in [3.63, 3.8) is 0 Å². The molecule has 0 saturated carbocycles. The average Bonchev–Trinajstić information content (AvgIpc) is 2.56. The molecule has 0 unspecified atom stereocenters. The highest BCUT2D eigenvalue weighted by atomic mass is 16.1. The van der Waals surface area contributed by atoms with Gasteiger partial charge < -0.3 is 5.32 Å². The topological polar surface area (TPSA) is 29.1 Å². The lowest BCUT2D eigenvalue weighted by molar-refractivity contribution is 0.101. The summed E-state index contributed by atoms with van der Waals surface area (Å²) in [6.07, 6.45) is 4.05. The zero-order valence-corrected chi connectivity index (χ0v) is 10.1. The molecule has 88 valence electrons. The second-order valence-electron chi connectivity index (χ2n) is 4.37. The molecule has 2 heteroatoms. The van der Waals surface area contributed by atoms with Crippen molar-refractivity contribution in [2.75, 3.05) is 5.32 Å². The lowest BCUT2D eigenvalue weighted by atomic mass is 10.0. The lowest BCUT2D eigenvalue weighted by Gasteiger charge is -2.11. The first-order valence-electron chi connectivity index (χ1n) is 5.94. The Balaban J connectivity index is 2.20. The average molecular weight is 235 g/mol. The molecule has 2 nitrogen and oxygen atoms in total. The van der Waals surface area contributed by atoms with Crippen molar-refractivity contribution in [2.24, 2.45) is 0 Å². The SMILES string of the molecule is CC(=O)c1cccc2c1C=Cc1ccccc1N2. The van der Waals surface area contributed by atoms with Crippen LogP contribution in [-0.2, 0) is 0 Å². The summed E-state index contributed by atoms with van der Waals surface area (Å²) in [6.45, 7) is 1.60. The van der Waals surface area contributed by atoms with Crippen LogP contribution >= 0.6 is 0 Å². The summed E-state index contributed by atoms with van der Waals surface area (Å²) in [4.78, 5) is 11.6. The molecule has 18 heavy (non-hydrogen) atoms. The zero-order chi connectivity index (χ0) is 12.5. The Kier molecular flexibility index (Phi) is 2.49. The quantitative estimate of drug-likeness (QED) is 0.643. The Bertz CT molecular complexity index is 656. The van der Waals surface area contributed by atoms with Crippen LogP contribution in [0.1, 0.15) is 28.4 Å². The molecule has 1 N–H and O–H groups in total. The largest absolute Gasteiger partial charge is 0.355 e. The van der Waals surface area contributed by atoms with Gasteiger partial charge in [-0.15, -0.1) is 0 Å². The van der Waals surface area contributed by atoms with Gasteiger partial charge in [0.25, 0.3) is 0 Å². The number of rotatable bonds is 1. The fraction of sp³-hybridized carbons (Fsp3) is 0.0625. The van der Waals surface area contributed by atoms with Crippen LogP contribution in [0.3, 0.4) is 0 Å². The van der Waals surface area contributed by atoms with Crippen LogP contribution in [0.2, 0.25) is 0 Å². The highest BCUT2D eigenvalue weighted by Gasteiger charge is 2.13. The fourth-order valence-electron chi connectivity index (χ4n) is 2.24. The summed E-state index contributed by atoms with van der Waals surface area (Å²) < 4.78 is 0. The van der Waals surface area contributed by atoms with Crippen LogP contribution < -0.4 is 5.32 Å². The van der Waals surface area contributed by atoms with Crippen molar-refractivity contribution in [1.82, 2.24) is 0 Å². The molecule has 0 amide bonds. The molecule has 0 aliphatic carbocycles.